The number of rotatable bonds is 3. The number of aromatic nitrogens is 1. The predicted molar refractivity (Wildman–Crippen MR) is 58.3 cm³/mol. The third kappa shape index (κ3) is 2.30. The van der Waals surface area contributed by atoms with Crippen molar-refractivity contribution in [1.82, 2.24) is 10.3 Å². The van der Waals surface area contributed by atoms with Crippen LogP contribution in [0.2, 0.25) is 0 Å². The topological polar surface area (TPSA) is 38.1 Å². The van der Waals surface area contributed by atoms with Crippen molar-refractivity contribution >= 4 is 11.8 Å². The number of oxazole rings is 1. The molecule has 1 aromatic heterocycles. The zero-order valence-electron chi connectivity index (χ0n) is 8.45. The van der Waals surface area contributed by atoms with Crippen LogP contribution in [0, 0.1) is 0 Å². The van der Waals surface area contributed by atoms with E-state index in [1.54, 1.807) is 0 Å². The van der Waals surface area contributed by atoms with Crippen LogP contribution in [0.3, 0.4) is 0 Å². The fourth-order valence-corrected chi connectivity index (χ4v) is 2.90. The van der Waals surface area contributed by atoms with E-state index in [1.165, 1.54) is 25.0 Å². The van der Waals surface area contributed by atoms with E-state index in [2.05, 4.69) is 10.3 Å². The molecule has 2 rings (SSSR count). The van der Waals surface area contributed by atoms with E-state index in [-0.39, 0.29) is 0 Å². The van der Waals surface area contributed by atoms with Crippen molar-refractivity contribution in [3.63, 3.8) is 0 Å². The summed E-state index contributed by atoms with van der Waals surface area (Å²) in [7, 11) is 1.91. The van der Waals surface area contributed by atoms with Gasteiger partial charge in [0.05, 0.1) is 18.0 Å². The molecule has 1 unspecified atom stereocenters. The molecule has 1 aliphatic rings. The zero-order chi connectivity index (χ0) is 9.80. The van der Waals surface area contributed by atoms with Gasteiger partial charge in [0.15, 0.2) is 0 Å². The molecular formula is C10H16N2OS. The Morgan fingerprint density at radius 1 is 1.64 bits per heavy atom. The molecule has 4 heteroatoms. The highest BCUT2D eigenvalue weighted by Crippen LogP contribution is 2.37. The van der Waals surface area contributed by atoms with Crippen LogP contribution in [-0.4, -0.2) is 17.8 Å². The van der Waals surface area contributed by atoms with Gasteiger partial charge in [-0.15, -0.1) is 11.8 Å². The Labute approximate surface area is 88.7 Å². The van der Waals surface area contributed by atoms with Crippen molar-refractivity contribution in [3.05, 3.63) is 17.8 Å². The SMILES string of the molecule is CNCc1cnc(C2CCCCS2)o1. The summed E-state index contributed by atoms with van der Waals surface area (Å²) in [4.78, 5) is 4.33. The number of hydrogen-bond donors (Lipinski definition) is 1. The molecule has 0 radical (unpaired) electrons. The van der Waals surface area contributed by atoms with E-state index in [9.17, 15) is 0 Å². The minimum atomic E-state index is 0.495. The van der Waals surface area contributed by atoms with Crippen LogP contribution in [0.4, 0.5) is 0 Å². The lowest BCUT2D eigenvalue weighted by Gasteiger charge is -2.17. The molecule has 0 aromatic carbocycles. The highest BCUT2D eigenvalue weighted by atomic mass is 32.2. The van der Waals surface area contributed by atoms with Crippen molar-refractivity contribution in [1.29, 1.82) is 0 Å². The molecular weight excluding hydrogens is 196 g/mol. The third-order valence-electron chi connectivity index (χ3n) is 2.38. The molecule has 1 saturated heterocycles. The number of nitrogens with one attached hydrogen (secondary N) is 1. The van der Waals surface area contributed by atoms with Crippen LogP contribution in [0.15, 0.2) is 10.6 Å². The van der Waals surface area contributed by atoms with Gasteiger partial charge < -0.3 is 9.73 Å². The molecule has 1 atom stereocenters. The van der Waals surface area contributed by atoms with Gasteiger partial charge in [-0.2, -0.15) is 0 Å². The summed E-state index contributed by atoms with van der Waals surface area (Å²) in [5.74, 6) is 3.10. The lowest BCUT2D eigenvalue weighted by molar-refractivity contribution is 0.432. The third-order valence-corrected chi connectivity index (χ3v) is 3.74. The fraction of sp³-hybridized carbons (Fsp3) is 0.700. The van der Waals surface area contributed by atoms with Crippen molar-refractivity contribution < 1.29 is 4.42 Å². The Hall–Kier alpha value is -0.480. The normalized spacial score (nSPS) is 22.5. The zero-order valence-corrected chi connectivity index (χ0v) is 9.27. The second-order valence-electron chi connectivity index (χ2n) is 3.55. The molecule has 78 valence electrons. The van der Waals surface area contributed by atoms with Crippen molar-refractivity contribution in [2.75, 3.05) is 12.8 Å². The smallest absolute Gasteiger partial charge is 0.207 e. The van der Waals surface area contributed by atoms with Crippen LogP contribution in [0.1, 0.15) is 36.2 Å². The van der Waals surface area contributed by atoms with E-state index in [4.69, 9.17) is 4.42 Å². The molecule has 1 aromatic rings. The fourth-order valence-electron chi connectivity index (χ4n) is 1.66. The standard InChI is InChI=1S/C10H16N2OS/c1-11-6-8-7-12-10(13-8)9-4-2-3-5-14-9/h7,9,11H,2-6H2,1H3. The van der Waals surface area contributed by atoms with Gasteiger partial charge in [0.1, 0.15) is 5.76 Å². The predicted octanol–water partition coefficient (Wildman–Crippen LogP) is 2.35. The first-order valence-electron chi connectivity index (χ1n) is 5.11. The maximum atomic E-state index is 5.67. The van der Waals surface area contributed by atoms with Crippen molar-refractivity contribution in [2.45, 2.75) is 31.1 Å². The van der Waals surface area contributed by atoms with Crippen LogP contribution in [0.25, 0.3) is 0 Å². The van der Waals surface area contributed by atoms with Gasteiger partial charge in [0.2, 0.25) is 5.89 Å². The van der Waals surface area contributed by atoms with Gasteiger partial charge in [-0.05, 0) is 25.6 Å². The summed E-state index contributed by atoms with van der Waals surface area (Å²) in [5, 5.41) is 3.55. The quantitative estimate of drug-likeness (QED) is 0.834. The molecule has 0 aliphatic carbocycles. The molecule has 1 fully saturated rings. The van der Waals surface area contributed by atoms with Gasteiger partial charge in [0, 0.05) is 0 Å². The molecule has 0 amide bonds. The Morgan fingerprint density at radius 3 is 3.29 bits per heavy atom. The molecule has 0 saturated carbocycles. The van der Waals surface area contributed by atoms with E-state index in [1.807, 2.05) is 25.0 Å². The average molecular weight is 212 g/mol. The second kappa shape index (κ2) is 4.84. The minimum absolute atomic E-state index is 0.495. The minimum Gasteiger partial charge on any atom is -0.443 e. The van der Waals surface area contributed by atoms with Gasteiger partial charge >= 0.3 is 0 Å². The molecule has 0 bridgehead atoms. The van der Waals surface area contributed by atoms with Crippen LogP contribution in [-0.2, 0) is 6.54 Å². The molecule has 1 aliphatic heterocycles. The largest absolute Gasteiger partial charge is 0.443 e. The van der Waals surface area contributed by atoms with Crippen molar-refractivity contribution in [2.24, 2.45) is 0 Å². The van der Waals surface area contributed by atoms with Gasteiger partial charge in [0.25, 0.3) is 0 Å². The molecule has 14 heavy (non-hydrogen) atoms. The Kier molecular flexibility index (Phi) is 3.48. The first-order valence-corrected chi connectivity index (χ1v) is 6.16. The summed E-state index contributed by atoms with van der Waals surface area (Å²) < 4.78 is 5.67. The summed E-state index contributed by atoms with van der Waals surface area (Å²) in [6, 6.07) is 0. The highest BCUT2D eigenvalue weighted by Gasteiger charge is 2.20. The maximum absolute atomic E-state index is 5.67. The lowest BCUT2D eigenvalue weighted by Crippen LogP contribution is -2.04. The van der Waals surface area contributed by atoms with E-state index in [0.29, 0.717) is 5.25 Å². The molecule has 2 heterocycles. The Morgan fingerprint density at radius 2 is 2.57 bits per heavy atom. The second-order valence-corrected chi connectivity index (χ2v) is 4.86. The summed E-state index contributed by atoms with van der Waals surface area (Å²) in [6.07, 6.45) is 5.69. The van der Waals surface area contributed by atoms with Crippen molar-refractivity contribution in [3.8, 4) is 0 Å². The van der Waals surface area contributed by atoms with E-state index in [0.717, 1.165) is 18.2 Å². The molecule has 1 N–H and O–H groups in total. The van der Waals surface area contributed by atoms with Gasteiger partial charge in [-0.25, -0.2) is 4.98 Å². The summed E-state index contributed by atoms with van der Waals surface area (Å²) in [6.45, 7) is 0.768. The highest BCUT2D eigenvalue weighted by molar-refractivity contribution is 7.99. The average Bonchev–Trinajstić information content (AvgIpc) is 2.68. The van der Waals surface area contributed by atoms with Gasteiger partial charge in [-0.1, -0.05) is 6.42 Å². The first-order chi connectivity index (χ1) is 6.90. The Bertz CT molecular complexity index is 281. The number of nitrogens with zero attached hydrogens (tertiary/aromatic N) is 1. The van der Waals surface area contributed by atoms with Crippen LogP contribution < -0.4 is 5.32 Å². The molecule has 0 spiro atoms. The number of hydrogen-bond acceptors (Lipinski definition) is 4. The summed E-state index contributed by atoms with van der Waals surface area (Å²) in [5.41, 5.74) is 0. The molecule has 3 nitrogen and oxygen atoms in total. The first kappa shape index (κ1) is 10.1. The van der Waals surface area contributed by atoms with Gasteiger partial charge in [-0.3, -0.25) is 0 Å². The van der Waals surface area contributed by atoms with Crippen LogP contribution in [0.5, 0.6) is 0 Å². The van der Waals surface area contributed by atoms with E-state index < -0.39 is 0 Å². The maximum Gasteiger partial charge on any atom is 0.207 e. The summed E-state index contributed by atoms with van der Waals surface area (Å²) >= 11 is 1.97. The lowest BCUT2D eigenvalue weighted by atomic mass is 10.2. The monoisotopic (exact) mass is 212 g/mol. The number of thioether (sulfide) groups is 1. The Balaban J connectivity index is 2.00. The van der Waals surface area contributed by atoms with E-state index >= 15 is 0 Å². The van der Waals surface area contributed by atoms with Crippen LogP contribution >= 0.6 is 11.8 Å².